The van der Waals surface area contributed by atoms with Crippen molar-refractivity contribution < 1.29 is 43.8 Å². The molecule has 3 saturated heterocycles. The second-order valence-corrected chi connectivity index (χ2v) is 21.7. The maximum atomic E-state index is 13.4. The molecule has 2 saturated carbocycles. The van der Waals surface area contributed by atoms with Gasteiger partial charge in [-0.2, -0.15) is 10.2 Å². The lowest BCUT2D eigenvalue weighted by molar-refractivity contribution is -0.138. The number of aryl methyl sites for hydroxylation is 1. The molecule has 7 heterocycles. The van der Waals surface area contributed by atoms with Crippen LogP contribution in [0.5, 0.6) is 0 Å². The van der Waals surface area contributed by atoms with Crippen LogP contribution in [-0.2, 0) is 14.4 Å². The first-order valence-corrected chi connectivity index (χ1v) is 27.7. The number of carbonyl (C=O) groups excluding carboxylic acids is 5. The number of piperazine rings is 3. The molecular weight excluding hydrogens is 1050 g/mol. The molecule has 6 aromatic rings. The Morgan fingerprint density at radius 3 is 1.44 bits per heavy atom. The third kappa shape index (κ3) is 13.9. The molecule has 0 bridgehead atoms. The van der Waals surface area contributed by atoms with Gasteiger partial charge in [-0.3, -0.25) is 33.6 Å². The number of H-pyrrole nitrogens is 2. The zero-order valence-electron chi connectivity index (χ0n) is 46.8. The number of anilines is 1. The van der Waals surface area contributed by atoms with Gasteiger partial charge in [0, 0.05) is 130 Å². The van der Waals surface area contributed by atoms with E-state index in [2.05, 4.69) is 70.5 Å². The van der Waals surface area contributed by atoms with Gasteiger partial charge in [-0.1, -0.05) is 60.7 Å². The summed E-state index contributed by atoms with van der Waals surface area (Å²) in [6.07, 6.45) is 4.68. The molecule has 22 nitrogen and oxygen atoms in total. The van der Waals surface area contributed by atoms with Crippen LogP contribution >= 0.6 is 0 Å². The lowest BCUT2D eigenvalue weighted by Crippen LogP contribution is -2.47. The molecule has 4 aromatic carbocycles. The molecule has 4 atom stereocenters. The molecule has 13 rings (SSSR count). The molecule has 0 radical (unpaired) electrons. The molecule has 0 spiro atoms. The Morgan fingerprint density at radius 2 is 1.00 bits per heavy atom. The van der Waals surface area contributed by atoms with Gasteiger partial charge in [-0.15, -0.1) is 0 Å². The highest BCUT2D eigenvalue weighted by molar-refractivity contribution is 6.20. The SMILES string of the molecule is CC(=O)O.CN1CCN(C(=O)c2[nH]c3cc(NC(=O)[C@@H]4C[C@H]4c4ccccc4)cc4c3c2C=NNC4=O)CC1.CN1CCNCC1.Cc1cc2c3c(c(C(=O)N4CCN(C)CC4)[nH]c3c1)C=NNC2=O.O=C(O)[C@@H]1C[C@H]1c1ccccc1. The molecule has 430 valence electrons. The minimum absolute atomic E-state index is 0.0429. The van der Waals surface area contributed by atoms with Gasteiger partial charge >= 0.3 is 5.97 Å². The number of nitrogens with zero attached hydrogens (tertiary/aromatic N) is 7. The second kappa shape index (κ2) is 25.9. The van der Waals surface area contributed by atoms with Gasteiger partial charge in [-0.25, -0.2) is 10.9 Å². The highest BCUT2D eigenvalue weighted by atomic mass is 16.4. The number of hydrazone groups is 2. The van der Waals surface area contributed by atoms with Crippen molar-refractivity contribution in [2.45, 2.75) is 38.5 Å². The average molecular weight is 1120 g/mol. The molecule has 0 unspecified atom stereocenters. The molecule has 2 aromatic heterocycles. The molecule has 82 heavy (non-hydrogen) atoms. The number of aliphatic carboxylic acids is 2. The number of carboxylic acid groups (broad SMARTS) is 2. The fraction of sp³-hybridized carbons (Fsp3) is 0.383. The first kappa shape index (κ1) is 58.1. The lowest BCUT2D eigenvalue weighted by Gasteiger charge is -2.32. The number of aromatic amines is 2. The highest BCUT2D eigenvalue weighted by Gasteiger charge is 2.45. The number of amides is 5. The topological polar surface area (TPSA) is 281 Å². The van der Waals surface area contributed by atoms with E-state index in [1.807, 2.05) is 96.6 Å². The van der Waals surface area contributed by atoms with E-state index in [-0.39, 0.29) is 53.2 Å². The van der Waals surface area contributed by atoms with Crippen LogP contribution in [0.1, 0.15) is 101 Å². The lowest BCUT2D eigenvalue weighted by atomic mass is 10.0. The molecule has 2 aliphatic carbocycles. The molecule has 7 aliphatic rings. The third-order valence-electron chi connectivity index (χ3n) is 15.5. The first-order valence-electron chi connectivity index (χ1n) is 27.7. The normalized spacial score (nSPS) is 20.8. The predicted octanol–water partition coefficient (Wildman–Crippen LogP) is 4.80. The van der Waals surface area contributed by atoms with Crippen molar-refractivity contribution in [1.82, 2.24) is 50.6 Å². The molecule has 5 fully saturated rings. The van der Waals surface area contributed by atoms with Crippen molar-refractivity contribution in [2.75, 3.05) is 105 Å². The minimum Gasteiger partial charge on any atom is -0.481 e. The van der Waals surface area contributed by atoms with Crippen molar-refractivity contribution in [3.05, 3.63) is 135 Å². The van der Waals surface area contributed by atoms with E-state index in [1.54, 1.807) is 18.3 Å². The van der Waals surface area contributed by atoms with E-state index in [9.17, 15) is 28.8 Å². The Balaban J connectivity index is 0.000000147. The largest absolute Gasteiger partial charge is 0.481 e. The Hall–Kier alpha value is -8.57. The van der Waals surface area contributed by atoms with Crippen molar-refractivity contribution in [1.29, 1.82) is 0 Å². The average Bonchev–Trinajstić information content (AvgIpc) is 4.53. The van der Waals surface area contributed by atoms with E-state index in [1.165, 1.54) is 19.3 Å². The quantitative estimate of drug-likeness (QED) is 0.107. The third-order valence-corrected chi connectivity index (χ3v) is 15.5. The monoisotopic (exact) mass is 1120 g/mol. The number of hydrogen-bond donors (Lipinski definition) is 8. The van der Waals surface area contributed by atoms with Crippen LogP contribution in [0.2, 0.25) is 0 Å². The van der Waals surface area contributed by atoms with Gasteiger partial charge in [0.25, 0.3) is 29.6 Å². The molecular formula is C60H71N13O9. The summed E-state index contributed by atoms with van der Waals surface area (Å²) in [5.74, 6) is -2.12. The van der Waals surface area contributed by atoms with Crippen LogP contribution < -0.4 is 21.5 Å². The van der Waals surface area contributed by atoms with Crippen molar-refractivity contribution in [3.63, 3.8) is 0 Å². The smallest absolute Gasteiger partial charge is 0.307 e. The number of likely N-dealkylation sites (N-methyl/N-ethyl adjacent to an activating group) is 3. The van der Waals surface area contributed by atoms with Gasteiger partial charge in [-0.05, 0) is 93.7 Å². The van der Waals surface area contributed by atoms with E-state index in [0.29, 0.717) is 76.4 Å². The van der Waals surface area contributed by atoms with E-state index >= 15 is 0 Å². The molecule has 22 heteroatoms. The van der Waals surface area contributed by atoms with Gasteiger partial charge in [0.05, 0.1) is 29.5 Å². The Kier molecular flexibility index (Phi) is 18.4. The van der Waals surface area contributed by atoms with Crippen LogP contribution in [0.25, 0.3) is 21.8 Å². The van der Waals surface area contributed by atoms with Gasteiger partial charge in [0.2, 0.25) is 5.91 Å². The number of carbonyl (C=O) groups is 7. The number of carboxylic acids is 2. The molecule has 5 amide bonds. The van der Waals surface area contributed by atoms with Crippen molar-refractivity contribution in [3.8, 4) is 0 Å². The van der Waals surface area contributed by atoms with Gasteiger partial charge in [0.15, 0.2) is 0 Å². The van der Waals surface area contributed by atoms with E-state index < -0.39 is 11.9 Å². The summed E-state index contributed by atoms with van der Waals surface area (Å²) in [4.78, 5) is 101. The summed E-state index contributed by atoms with van der Waals surface area (Å²) >= 11 is 0. The Labute approximate surface area is 474 Å². The molecule has 5 aliphatic heterocycles. The minimum atomic E-state index is -0.833. The van der Waals surface area contributed by atoms with E-state index in [4.69, 9.17) is 15.0 Å². The Bertz CT molecular complexity index is 3410. The van der Waals surface area contributed by atoms with Gasteiger partial charge in [0.1, 0.15) is 11.4 Å². The number of rotatable bonds is 7. The van der Waals surface area contributed by atoms with Crippen LogP contribution in [0.15, 0.2) is 95.1 Å². The Morgan fingerprint density at radius 1 is 0.573 bits per heavy atom. The maximum absolute atomic E-state index is 13.4. The summed E-state index contributed by atoms with van der Waals surface area (Å²) in [6, 6.07) is 27.1. The van der Waals surface area contributed by atoms with Gasteiger partial charge < -0.3 is 55.3 Å². The predicted molar refractivity (Wildman–Crippen MR) is 313 cm³/mol. The standard InChI is InChI=1S/C26H26N6O3.C17H19N5O2.C10H10O2.C5H12N2.C2H4O2/c1-31-7-9-32(10-8-31)26(35)23-20-14-27-30-25(34)19-11-16(12-21(29-23)22(19)20)28-24(33)18-13-17(18)15-5-3-2-4-6-15;1-10-7-11-14-12(9-18-20-16(11)23)15(19-13(14)8-10)17(24)22-5-3-21(2)4-6-22;11-10(12)9-6-8(9)7-4-2-1-3-5-7;1-7-4-2-6-3-5-7;1-2(3)4/h2-6,11-12,14,17-18,29H,7-10,13H2,1H3,(H,28,33)(H,30,34);7-9,19H,3-6H2,1-2H3,(H,20,23);1-5,8-9H,6H2,(H,11,12);6H,2-5H2,1H3;1H3,(H,3,4)/t17-,18+;;8-,9+;;/m0.0../s1. The number of hydrogen-bond acceptors (Lipinski definition) is 13. The van der Waals surface area contributed by atoms with Crippen LogP contribution in [0.4, 0.5) is 5.69 Å². The summed E-state index contributed by atoms with van der Waals surface area (Å²) in [5.41, 5.74) is 13.3. The summed E-state index contributed by atoms with van der Waals surface area (Å²) < 4.78 is 0. The zero-order chi connectivity index (χ0) is 58.2. The van der Waals surface area contributed by atoms with Crippen molar-refractivity contribution in [2.24, 2.45) is 22.0 Å². The number of aromatic nitrogens is 2. The zero-order valence-corrected chi connectivity index (χ0v) is 46.8. The summed E-state index contributed by atoms with van der Waals surface area (Å²) in [6.45, 7) is 13.8. The summed E-state index contributed by atoms with van der Waals surface area (Å²) in [7, 11) is 6.24. The first-order chi connectivity index (χ1) is 39.4. The molecule has 8 N–H and O–H groups in total. The fourth-order valence-electron chi connectivity index (χ4n) is 10.8. The fourth-order valence-corrected chi connectivity index (χ4v) is 10.8. The number of nitrogens with one attached hydrogen (secondary N) is 6. The van der Waals surface area contributed by atoms with Crippen LogP contribution in [-0.4, -0.2) is 198 Å². The summed E-state index contributed by atoms with van der Waals surface area (Å²) in [5, 5.41) is 31.7. The number of benzene rings is 4. The second-order valence-electron chi connectivity index (χ2n) is 21.7. The highest BCUT2D eigenvalue weighted by Crippen LogP contribution is 2.48. The van der Waals surface area contributed by atoms with Crippen molar-refractivity contribution >= 4 is 81.4 Å². The van der Waals surface area contributed by atoms with E-state index in [0.717, 1.165) is 86.6 Å². The van der Waals surface area contributed by atoms with Crippen LogP contribution in [0.3, 0.4) is 0 Å². The van der Waals surface area contributed by atoms with Crippen LogP contribution in [0, 0.1) is 18.8 Å². The maximum Gasteiger partial charge on any atom is 0.307 e.